The Kier molecular flexibility index (Phi) is 4.61. The largest absolute Gasteiger partial charge is 0.394 e. The molecule has 2 aromatic carbocycles. The molecular formula is C18H19N3O. The van der Waals surface area contributed by atoms with Crippen molar-refractivity contribution in [1.82, 2.24) is 15.0 Å². The summed E-state index contributed by atoms with van der Waals surface area (Å²) in [6, 6.07) is 20.0. The highest BCUT2D eigenvalue weighted by molar-refractivity contribution is 5.20. The lowest BCUT2D eigenvalue weighted by Crippen LogP contribution is -2.15. The molecule has 112 valence electrons. The first-order valence-corrected chi connectivity index (χ1v) is 7.47. The Morgan fingerprint density at radius 1 is 0.909 bits per heavy atom. The highest BCUT2D eigenvalue weighted by atomic mass is 16.3. The molecule has 0 fully saturated rings. The minimum atomic E-state index is -0.181. The summed E-state index contributed by atoms with van der Waals surface area (Å²) in [4.78, 5) is 0. The number of hydrogen-bond donors (Lipinski definition) is 1. The number of hydrogen-bond acceptors (Lipinski definition) is 3. The number of nitrogens with zero attached hydrogens (tertiary/aromatic N) is 3. The second kappa shape index (κ2) is 7.00. The van der Waals surface area contributed by atoms with Gasteiger partial charge in [-0.2, -0.15) is 0 Å². The van der Waals surface area contributed by atoms with E-state index in [1.807, 2.05) is 54.7 Å². The first-order chi connectivity index (χ1) is 10.9. The van der Waals surface area contributed by atoms with Crippen molar-refractivity contribution in [3.63, 3.8) is 0 Å². The van der Waals surface area contributed by atoms with Crippen molar-refractivity contribution in [2.45, 2.75) is 18.9 Å². The van der Waals surface area contributed by atoms with E-state index in [1.165, 1.54) is 5.56 Å². The monoisotopic (exact) mass is 293 g/mol. The van der Waals surface area contributed by atoms with Gasteiger partial charge in [0.25, 0.3) is 0 Å². The quantitative estimate of drug-likeness (QED) is 0.760. The fourth-order valence-corrected chi connectivity index (χ4v) is 2.51. The summed E-state index contributed by atoms with van der Waals surface area (Å²) in [5.41, 5.74) is 3.27. The topological polar surface area (TPSA) is 50.9 Å². The third-order valence-electron chi connectivity index (χ3n) is 3.75. The molecule has 0 bridgehead atoms. The minimum absolute atomic E-state index is 0.00545. The summed E-state index contributed by atoms with van der Waals surface area (Å²) in [6.07, 6.45) is 3.71. The smallest absolute Gasteiger partial charge is 0.102 e. The van der Waals surface area contributed by atoms with Gasteiger partial charge in [-0.1, -0.05) is 65.9 Å². The van der Waals surface area contributed by atoms with E-state index in [0.29, 0.717) is 0 Å². The van der Waals surface area contributed by atoms with Crippen molar-refractivity contribution in [3.05, 3.63) is 83.7 Å². The Balaban J connectivity index is 1.70. The van der Waals surface area contributed by atoms with Crippen LogP contribution in [0.2, 0.25) is 0 Å². The Morgan fingerprint density at radius 3 is 2.27 bits per heavy atom. The normalized spacial score (nSPS) is 12.2. The summed E-state index contributed by atoms with van der Waals surface area (Å²) >= 11 is 0. The molecule has 0 radical (unpaired) electrons. The van der Waals surface area contributed by atoms with Gasteiger partial charge in [-0.25, -0.2) is 4.68 Å². The van der Waals surface area contributed by atoms with E-state index in [0.717, 1.165) is 24.1 Å². The van der Waals surface area contributed by atoms with Gasteiger partial charge in [-0.05, 0) is 24.0 Å². The van der Waals surface area contributed by atoms with Gasteiger partial charge in [0, 0.05) is 6.20 Å². The first-order valence-electron chi connectivity index (χ1n) is 7.47. The van der Waals surface area contributed by atoms with Crippen LogP contribution in [0.5, 0.6) is 0 Å². The number of rotatable bonds is 6. The van der Waals surface area contributed by atoms with E-state index in [4.69, 9.17) is 0 Å². The van der Waals surface area contributed by atoms with E-state index in [1.54, 1.807) is 4.68 Å². The second-order valence-electron chi connectivity index (χ2n) is 5.28. The van der Waals surface area contributed by atoms with Crippen molar-refractivity contribution < 1.29 is 5.11 Å². The Labute approximate surface area is 130 Å². The van der Waals surface area contributed by atoms with Gasteiger partial charge >= 0.3 is 0 Å². The maximum absolute atomic E-state index is 9.66. The Bertz CT molecular complexity index is 695. The van der Waals surface area contributed by atoms with E-state index < -0.39 is 0 Å². The van der Waals surface area contributed by atoms with E-state index in [9.17, 15) is 5.11 Å². The molecular weight excluding hydrogens is 274 g/mol. The number of benzene rings is 2. The number of aryl methyl sites for hydroxylation is 2. The van der Waals surface area contributed by atoms with Crippen molar-refractivity contribution in [1.29, 1.82) is 0 Å². The zero-order valence-electron chi connectivity index (χ0n) is 12.3. The maximum Gasteiger partial charge on any atom is 0.102 e. The average molecular weight is 293 g/mol. The van der Waals surface area contributed by atoms with Crippen LogP contribution in [0.3, 0.4) is 0 Å². The van der Waals surface area contributed by atoms with Gasteiger partial charge in [-0.15, -0.1) is 5.10 Å². The summed E-state index contributed by atoms with van der Waals surface area (Å²) in [5, 5.41) is 18.1. The lowest BCUT2D eigenvalue weighted by molar-refractivity contribution is 0.239. The van der Waals surface area contributed by atoms with Crippen molar-refractivity contribution in [3.8, 4) is 0 Å². The SMILES string of the molecule is OCC(c1ccccc1)n1cc(CCc2ccccc2)nn1. The van der Waals surface area contributed by atoms with Gasteiger partial charge in [-0.3, -0.25) is 0 Å². The molecule has 0 saturated heterocycles. The molecule has 0 aliphatic heterocycles. The molecule has 1 atom stereocenters. The van der Waals surface area contributed by atoms with Gasteiger partial charge in [0.15, 0.2) is 0 Å². The maximum atomic E-state index is 9.66. The van der Waals surface area contributed by atoms with Gasteiger partial charge in [0.2, 0.25) is 0 Å². The second-order valence-corrected chi connectivity index (χ2v) is 5.28. The van der Waals surface area contributed by atoms with Crippen LogP contribution in [0, 0.1) is 0 Å². The van der Waals surface area contributed by atoms with Gasteiger partial charge in [0.1, 0.15) is 6.04 Å². The van der Waals surface area contributed by atoms with Crippen molar-refractivity contribution >= 4 is 0 Å². The van der Waals surface area contributed by atoms with Gasteiger partial charge < -0.3 is 5.11 Å². The molecule has 0 spiro atoms. The van der Waals surface area contributed by atoms with Gasteiger partial charge in [0.05, 0.1) is 12.3 Å². The van der Waals surface area contributed by atoms with Crippen LogP contribution in [-0.4, -0.2) is 26.7 Å². The molecule has 1 unspecified atom stereocenters. The molecule has 0 amide bonds. The zero-order chi connectivity index (χ0) is 15.2. The highest BCUT2D eigenvalue weighted by Crippen LogP contribution is 2.17. The summed E-state index contributed by atoms with van der Waals surface area (Å²) < 4.78 is 1.75. The molecule has 0 aliphatic carbocycles. The first kappa shape index (κ1) is 14.5. The van der Waals surface area contributed by atoms with E-state index in [2.05, 4.69) is 22.4 Å². The highest BCUT2D eigenvalue weighted by Gasteiger charge is 2.14. The van der Waals surface area contributed by atoms with Crippen LogP contribution in [-0.2, 0) is 12.8 Å². The predicted molar refractivity (Wildman–Crippen MR) is 85.5 cm³/mol. The van der Waals surface area contributed by atoms with E-state index >= 15 is 0 Å². The lowest BCUT2D eigenvalue weighted by atomic mass is 10.1. The zero-order valence-corrected chi connectivity index (χ0v) is 12.3. The molecule has 1 heterocycles. The summed E-state index contributed by atoms with van der Waals surface area (Å²) in [7, 11) is 0. The number of aliphatic hydroxyl groups is 1. The van der Waals surface area contributed by atoms with Crippen LogP contribution in [0.4, 0.5) is 0 Å². The third-order valence-corrected chi connectivity index (χ3v) is 3.75. The standard InChI is InChI=1S/C18H19N3O/c22-14-18(16-9-5-2-6-10-16)21-13-17(19-20-21)12-11-15-7-3-1-4-8-15/h1-10,13,18,22H,11-12,14H2. The molecule has 0 saturated carbocycles. The molecule has 1 aromatic heterocycles. The molecule has 22 heavy (non-hydrogen) atoms. The number of aliphatic hydroxyl groups excluding tert-OH is 1. The summed E-state index contributed by atoms with van der Waals surface area (Å²) in [6.45, 7) is 0.00545. The van der Waals surface area contributed by atoms with Crippen LogP contribution >= 0.6 is 0 Å². The van der Waals surface area contributed by atoms with E-state index in [-0.39, 0.29) is 12.6 Å². The average Bonchev–Trinajstić information content (AvgIpc) is 3.04. The number of aromatic nitrogens is 3. The van der Waals surface area contributed by atoms with Crippen LogP contribution in [0.15, 0.2) is 66.9 Å². The van der Waals surface area contributed by atoms with Crippen LogP contribution < -0.4 is 0 Å². The van der Waals surface area contributed by atoms with Crippen LogP contribution in [0.25, 0.3) is 0 Å². The van der Waals surface area contributed by atoms with Crippen molar-refractivity contribution in [2.75, 3.05) is 6.61 Å². The molecule has 3 aromatic rings. The molecule has 0 aliphatic rings. The molecule has 4 nitrogen and oxygen atoms in total. The molecule has 3 rings (SSSR count). The Morgan fingerprint density at radius 2 is 1.59 bits per heavy atom. The molecule has 4 heteroatoms. The third kappa shape index (κ3) is 3.40. The lowest BCUT2D eigenvalue weighted by Gasteiger charge is -2.14. The Hall–Kier alpha value is -2.46. The molecule has 1 N–H and O–H groups in total. The van der Waals surface area contributed by atoms with Crippen LogP contribution in [0.1, 0.15) is 22.9 Å². The van der Waals surface area contributed by atoms with Crippen molar-refractivity contribution in [2.24, 2.45) is 0 Å². The fraction of sp³-hybridized carbons (Fsp3) is 0.222. The summed E-state index contributed by atoms with van der Waals surface area (Å²) in [5.74, 6) is 0. The predicted octanol–water partition coefficient (Wildman–Crippen LogP) is 2.65. The minimum Gasteiger partial charge on any atom is -0.394 e. The fourth-order valence-electron chi connectivity index (χ4n) is 2.51.